The molecule has 0 aliphatic carbocycles. The highest BCUT2D eigenvalue weighted by Gasteiger charge is 2.21. The van der Waals surface area contributed by atoms with Gasteiger partial charge in [0.1, 0.15) is 5.82 Å². The van der Waals surface area contributed by atoms with Crippen LogP contribution in [0.3, 0.4) is 0 Å². The van der Waals surface area contributed by atoms with Crippen molar-refractivity contribution in [2.75, 3.05) is 37.6 Å². The molecule has 1 saturated heterocycles. The summed E-state index contributed by atoms with van der Waals surface area (Å²) < 4.78 is 2.65. The van der Waals surface area contributed by atoms with Gasteiger partial charge in [-0.15, -0.1) is 0 Å². The van der Waals surface area contributed by atoms with Gasteiger partial charge in [0.05, 0.1) is 0 Å². The van der Waals surface area contributed by atoms with E-state index in [1.54, 1.807) is 7.05 Å². The van der Waals surface area contributed by atoms with Gasteiger partial charge in [-0.3, -0.25) is 23.6 Å². The van der Waals surface area contributed by atoms with Crippen molar-refractivity contribution < 1.29 is 24.6 Å². The Kier molecular flexibility index (Phi) is 9.33. The Hall–Kier alpha value is -4.51. The van der Waals surface area contributed by atoms with Crippen LogP contribution in [-0.2, 0) is 30.1 Å². The van der Waals surface area contributed by atoms with Crippen LogP contribution in [0.4, 0.5) is 5.82 Å². The molecule has 0 atom stereocenters. The first-order valence-corrected chi connectivity index (χ1v) is 12.0. The summed E-state index contributed by atoms with van der Waals surface area (Å²) in [5.74, 6) is -2.93. The number of hydrogen-bond donors (Lipinski definition) is 2. The van der Waals surface area contributed by atoms with E-state index in [-0.39, 0.29) is 17.0 Å². The van der Waals surface area contributed by atoms with E-state index in [1.165, 1.54) is 17.7 Å². The number of aromatic nitrogens is 2. The highest BCUT2D eigenvalue weighted by atomic mass is 16.4. The van der Waals surface area contributed by atoms with E-state index in [1.807, 2.05) is 54.6 Å². The summed E-state index contributed by atoms with van der Waals surface area (Å²) in [6.07, 6.45) is 0.791. The van der Waals surface area contributed by atoms with Gasteiger partial charge in [-0.1, -0.05) is 54.6 Å². The predicted octanol–water partition coefficient (Wildman–Crippen LogP) is 0.835. The van der Waals surface area contributed by atoms with Gasteiger partial charge < -0.3 is 15.1 Å². The number of aliphatic carboxylic acids is 2. The zero-order valence-corrected chi connectivity index (χ0v) is 21.2. The predicted molar refractivity (Wildman–Crippen MR) is 141 cm³/mol. The van der Waals surface area contributed by atoms with Crippen molar-refractivity contribution in [2.45, 2.75) is 6.42 Å². The number of ketones is 1. The minimum absolute atomic E-state index is 0.0533. The molecule has 0 spiro atoms. The van der Waals surface area contributed by atoms with Crippen LogP contribution in [0, 0.1) is 0 Å². The van der Waals surface area contributed by atoms with Crippen LogP contribution >= 0.6 is 0 Å². The van der Waals surface area contributed by atoms with E-state index in [0.29, 0.717) is 11.4 Å². The van der Waals surface area contributed by atoms with Gasteiger partial charge in [0.15, 0.2) is 5.78 Å². The molecule has 0 bridgehead atoms. The van der Waals surface area contributed by atoms with Gasteiger partial charge in [-0.2, -0.15) is 0 Å². The summed E-state index contributed by atoms with van der Waals surface area (Å²) in [4.78, 5) is 59.9. The van der Waals surface area contributed by atoms with Crippen LogP contribution in [0.5, 0.6) is 0 Å². The van der Waals surface area contributed by atoms with Gasteiger partial charge in [0, 0.05) is 64.0 Å². The summed E-state index contributed by atoms with van der Waals surface area (Å²) in [5, 5.41) is 14.8. The molecule has 0 saturated carbocycles. The van der Waals surface area contributed by atoms with Crippen LogP contribution in [0.15, 0.2) is 70.3 Å². The van der Waals surface area contributed by atoms with E-state index in [9.17, 15) is 14.4 Å². The van der Waals surface area contributed by atoms with Gasteiger partial charge in [0.25, 0.3) is 5.56 Å². The number of anilines is 1. The van der Waals surface area contributed by atoms with Gasteiger partial charge in [-0.25, -0.2) is 14.4 Å². The highest BCUT2D eigenvalue weighted by molar-refractivity contribution is 6.27. The number of nitrogens with zero attached hydrogens (tertiary/aromatic N) is 4. The molecule has 1 aliphatic rings. The maximum absolute atomic E-state index is 13.0. The van der Waals surface area contributed by atoms with E-state index >= 15 is 0 Å². The Morgan fingerprint density at radius 2 is 1.37 bits per heavy atom. The number of carboxylic acid groups (broad SMARTS) is 2. The lowest BCUT2D eigenvalue weighted by atomic mass is 9.96. The van der Waals surface area contributed by atoms with Crippen molar-refractivity contribution in [3.63, 3.8) is 0 Å². The SMILES string of the molecule is Cn1c(N2CCN(CCc3ccccc3C(=O)c3ccccc3)CC2)cc(=O)n(C)c1=O.O=C(O)C(=O)O. The van der Waals surface area contributed by atoms with Crippen molar-refractivity contribution in [1.82, 2.24) is 14.0 Å². The normalized spacial score (nSPS) is 13.4. The third-order valence-electron chi connectivity index (χ3n) is 6.38. The fourth-order valence-electron chi connectivity index (χ4n) is 4.21. The van der Waals surface area contributed by atoms with Gasteiger partial charge in [0.2, 0.25) is 0 Å². The summed E-state index contributed by atoms with van der Waals surface area (Å²) >= 11 is 0. The van der Waals surface area contributed by atoms with Crippen LogP contribution in [-0.4, -0.2) is 74.7 Å². The second-order valence-electron chi connectivity index (χ2n) is 8.78. The quantitative estimate of drug-likeness (QED) is 0.356. The number of hydrogen-bond acceptors (Lipinski definition) is 7. The monoisotopic (exact) mass is 522 g/mol. The van der Waals surface area contributed by atoms with Crippen molar-refractivity contribution in [3.05, 3.63) is 98.2 Å². The third kappa shape index (κ3) is 6.83. The number of carbonyl (C=O) groups is 3. The fraction of sp³-hybridized carbons (Fsp3) is 0.296. The fourth-order valence-corrected chi connectivity index (χ4v) is 4.21. The highest BCUT2D eigenvalue weighted by Crippen LogP contribution is 2.17. The molecule has 11 nitrogen and oxygen atoms in total. The summed E-state index contributed by atoms with van der Waals surface area (Å²) in [7, 11) is 3.19. The molecule has 0 unspecified atom stereocenters. The first-order chi connectivity index (χ1) is 18.1. The van der Waals surface area contributed by atoms with Crippen molar-refractivity contribution in [3.8, 4) is 0 Å². The number of carboxylic acids is 2. The van der Waals surface area contributed by atoms with Crippen LogP contribution in [0.1, 0.15) is 21.5 Å². The maximum atomic E-state index is 13.0. The van der Waals surface area contributed by atoms with E-state index in [0.717, 1.165) is 54.8 Å². The zero-order chi connectivity index (χ0) is 27.8. The molecule has 1 fully saturated rings. The molecule has 4 rings (SSSR count). The molecule has 1 aromatic heterocycles. The smallest absolute Gasteiger partial charge is 0.414 e. The second-order valence-corrected chi connectivity index (χ2v) is 8.78. The molecular weight excluding hydrogens is 492 g/mol. The molecule has 11 heteroatoms. The lowest BCUT2D eigenvalue weighted by Gasteiger charge is -2.36. The number of rotatable bonds is 6. The third-order valence-corrected chi connectivity index (χ3v) is 6.38. The van der Waals surface area contributed by atoms with Gasteiger partial charge in [-0.05, 0) is 12.0 Å². The standard InChI is InChI=1S/C25H28N4O3.C2H2O4/c1-26-22(18-23(30)27(2)25(26)32)29-16-14-28(15-17-29)13-12-19-8-6-7-11-21(19)24(31)20-9-4-3-5-10-20;3-1(4)2(5)6/h3-11,18H,12-17H2,1-2H3;(H,3,4)(H,5,6). The Bertz CT molecular complexity index is 1410. The molecule has 2 heterocycles. The Morgan fingerprint density at radius 1 is 0.789 bits per heavy atom. The molecule has 1 aliphatic heterocycles. The van der Waals surface area contributed by atoms with Crippen molar-refractivity contribution in [2.24, 2.45) is 14.1 Å². The maximum Gasteiger partial charge on any atom is 0.414 e. The first kappa shape index (κ1) is 28.1. The Morgan fingerprint density at radius 3 is 1.97 bits per heavy atom. The lowest BCUT2D eigenvalue weighted by molar-refractivity contribution is -0.159. The van der Waals surface area contributed by atoms with E-state index in [4.69, 9.17) is 19.8 Å². The molecule has 2 aromatic carbocycles. The molecule has 200 valence electrons. The first-order valence-electron chi connectivity index (χ1n) is 12.0. The number of benzene rings is 2. The Balaban J connectivity index is 0.000000599. The van der Waals surface area contributed by atoms with E-state index in [2.05, 4.69) is 9.80 Å². The van der Waals surface area contributed by atoms with Gasteiger partial charge >= 0.3 is 17.6 Å². The molecular formula is C27H30N4O7. The summed E-state index contributed by atoms with van der Waals surface area (Å²) in [6, 6.07) is 18.7. The average Bonchev–Trinajstić information content (AvgIpc) is 2.93. The number of carbonyl (C=O) groups excluding carboxylic acids is 1. The molecule has 3 aromatic rings. The topological polar surface area (TPSA) is 142 Å². The summed E-state index contributed by atoms with van der Waals surface area (Å²) in [6.45, 7) is 3.99. The second kappa shape index (κ2) is 12.6. The minimum atomic E-state index is -1.82. The van der Waals surface area contributed by atoms with Crippen LogP contribution in [0.25, 0.3) is 0 Å². The average molecular weight is 523 g/mol. The largest absolute Gasteiger partial charge is 0.473 e. The van der Waals surface area contributed by atoms with Crippen LogP contribution < -0.4 is 16.1 Å². The number of piperazine rings is 1. The van der Waals surface area contributed by atoms with Crippen molar-refractivity contribution in [1.29, 1.82) is 0 Å². The minimum Gasteiger partial charge on any atom is -0.473 e. The molecule has 2 N–H and O–H groups in total. The molecule has 38 heavy (non-hydrogen) atoms. The zero-order valence-electron chi connectivity index (χ0n) is 21.2. The summed E-state index contributed by atoms with van der Waals surface area (Å²) in [5.41, 5.74) is 1.92. The lowest BCUT2D eigenvalue weighted by Crippen LogP contribution is -2.49. The Labute approximate surface area is 218 Å². The van der Waals surface area contributed by atoms with Crippen molar-refractivity contribution >= 4 is 23.5 Å². The molecule has 0 radical (unpaired) electrons. The molecule has 0 amide bonds. The van der Waals surface area contributed by atoms with E-state index < -0.39 is 11.9 Å². The van der Waals surface area contributed by atoms with Crippen LogP contribution in [0.2, 0.25) is 0 Å².